The van der Waals surface area contributed by atoms with Gasteiger partial charge in [0.2, 0.25) is 0 Å². The molecule has 0 saturated heterocycles. The number of rotatable bonds is 2. The smallest absolute Gasteiger partial charge is 0.314 e. The Balaban J connectivity index is 2.15. The van der Waals surface area contributed by atoms with Crippen molar-refractivity contribution in [1.82, 2.24) is 5.32 Å². The molecule has 0 radical (unpaired) electrons. The van der Waals surface area contributed by atoms with Gasteiger partial charge in [0, 0.05) is 20.3 Å². The molecule has 5 heteroatoms. The molecule has 2 nitrogen and oxygen atoms in total. The van der Waals surface area contributed by atoms with Crippen molar-refractivity contribution in [2.45, 2.75) is 6.54 Å². The van der Waals surface area contributed by atoms with Gasteiger partial charge in [-0.15, -0.1) is 11.3 Å². The molecule has 0 spiro atoms. The number of hydrogen-bond donors (Lipinski definition) is 1. The molecule has 0 aromatic carbocycles. The van der Waals surface area contributed by atoms with Gasteiger partial charge in [-0.25, -0.2) is 0 Å². The van der Waals surface area contributed by atoms with E-state index in [1.54, 1.807) is 22.7 Å². The first kappa shape index (κ1) is 8.99. The number of hydrogen-bond acceptors (Lipinski definition) is 3. The second kappa shape index (κ2) is 3.65. The number of nitrogens with one attached hydrogen (secondary N) is 1. The third kappa shape index (κ3) is 2.02. The van der Waals surface area contributed by atoms with Gasteiger partial charge in [0.05, 0.1) is 6.54 Å². The van der Waals surface area contributed by atoms with E-state index in [4.69, 9.17) is 11.6 Å². The van der Waals surface area contributed by atoms with Crippen LogP contribution in [0.15, 0.2) is 16.8 Å². The lowest BCUT2D eigenvalue weighted by molar-refractivity contribution is 0.259. The Hall–Kier alpha value is -0.580. The normalized spacial score (nSPS) is 10.5. The lowest BCUT2D eigenvalue weighted by Crippen LogP contribution is -2.14. The van der Waals surface area contributed by atoms with E-state index in [1.165, 1.54) is 10.1 Å². The lowest BCUT2D eigenvalue weighted by Gasteiger charge is -1.94. The van der Waals surface area contributed by atoms with Gasteiger partial charge >= 0.3 is 5.37 Å². The average Bonchev–Trinajstić information content (AvgIpc) is 2.58. The largest absolute Gasteiger partial charge is 0.338 e. The highest BCUT2D eigenvalue weighted by molar-refractivity contribution is 7.22. The fraction of sp³-hybridized carbons (Fsp3) is 0.125. The second-order valence-corrected chi connectivity index (χ2v) is 4.79. The Labute approximate surface area is 88.1 Å². The molecule has 1 N–H and O–H groups in total. The number of carbonyl (C=O) groups excluding carboxylic acids is 1. The van der Waals surface area contributed by atoms with Crippen LogP contribution in [0.5, 0.6) is 0 Å². The molecule has 0 aliphatic rings. The maximum Gasteiger partial charge on any atom is 0.314 e. The van der Waals surface area contributed by atoms with Crippen molar-refractivity contribution in [3.8, 4) is 0 Å². The summed E-state index contributed by atoms with van der Waals surface area (Å²) in [5.41, 5.74) is 0. The molecule has 2 aromatic heterocycles. The molecule has 0 unspecified atom stereocenters. The van der Waals surface area contributed by atoms with Crippen LogP contribution in [0.25, 0.3) is 10.1 Å². The molecule has 0 aliphatic carbocycles. The molecule has 13 heavy (non-hydrogen) atoms. The zero-order valence-electron chi connectivity index (χ0n) is 6.54. The molecule has 0 fully saturated rings. The van der Waals surface area contributed by atoms with Crippen molar-refractivity contribution in [1.29, 1.82) is 0 Å². The van der Waals surface area contributed by atoms with Crippen LogP contribution >= 0.6 is 34.3 Å². The van der Waals surface area contributed by atoms with Crippen LogP contribution in [0, 0.1) is 0 Å². The Morgan fingerprint density at radius 1 is 1.54 bits per heavy atom. The van der Waals surface area contributed by atoms with Crippen LogP contribution < -0.4 is 5.32 Å². The van der Waals surface area contributed by atoms with Gasteiger partial charge < -0.3 is 5.32 Å². The second-order valence-electron chi connectivity index (χ2n) is 2.53. The van der Waals surface area contributed by atoms with E-state index in [1.807, 2.05) is 0 Å². The zero-order chi connectivity index (χ0) is 9.26. The van der Waals surface area contributed by atoms with Gasteiger partial charge in [-0.05, 0) is 23.0 Å². The minimum atomic E-state index is -0.504. The molecule has 1 amide bonds. The molecule has 2 aromatic rings. The van der Waals surface area contributed by atoms with E-state index in [9.17, 15) is 4.79 Å². The Bertz CT molecular complexity index is 405. The van der Waals surface area contributed by atoms with E-state index in [0.29, 0.717) is 6.54 Å². The highest BCUT2D eigenvalue weighted by atomic mass is 35.5. The maximum atomic E-state index is 10.4. The SMILES string of the molecule is O=C(Cl)NCc1cc2cscc2s1. The first-order valence-corrected chi connectivity index (χ1v) is 5.77. The molecule has 0 atom stereocenters. The van der Waals surface area contributed by atoms with Gasteiger partial charge in [-0.1, -0.05) is 0 Å². The van der Waals surface area contributed by atoms with Crippen LogP contribution in [-0.4, -0.2) is 5.37 Å². The summed E-state index contributed by atoms with van der Waals surface area (Å²) in [4.78, 5) is 11.6. The fourth-order valence-corrected chi connectivity index (χ4v) is 3.09. The summed E-state index contributed by atoms with van der Waals surface area (Å²) >= 11 is 8.53. The van der Waals surface area contributed by atoms with Crippen LogP contribution in [0.3, 0.4) is 0 Å². The van der Waals surface area contributed by atoms with Crippen molar-refractivity contribution in [2.24, 2.45) is 0 Å². The van der Waals surface area contributed by atoms with Crippen LogP contribution in [0.2, 0.25) is 0 Å². The van der Waals surface area contributed by atoms with Gasteiger partial charge in [0.25, 0.3) is 0 Å². The van der Waals surface area contributed by atoms with E-state index in [-0.39, 0.29) is 0 Å². The molecule has 68 valence electrons. The topological polar surface area (TPSA) is 29.1 Å². The summed E-state index contributed by atoms with van der Waals surface area (Å²) in [6, 6.07) is 2.07. The van der Waals surface area contributed by atoms with Gasteiger partial charge in [-0.3, -0.25) is 4.79 Å². The van der Waals surface area contributed by atoms with Crippen LogP contribution in [0.1, 0.15) is 4.88 Å². The summed E-state index contributed by atoms with van der Waals surface area (Å²) < 4.78 is 1.27. The number of thiophene rings is 2. The van der Waals surface area contributed by atoms with Crippen molar-refractivity contribution in [3.63, 3.8) is 0 Å². The summed E-state index contributed by atoms with van der Waals surface area (Å²) in [5, 5.41) is 7.49. The number of halogens is 1. The van der Waals surface area contributed by atoms with Crippen LogP contribution in [-0.2, 0) is 6.54 Å². The monoisotopic (exact) mass is 231 g/mol. The van der Waals surface area contributed by atoms with Crippen LogP contribution in [0.4, 0.5) is 4.79 Å². The number of amides is 1. The highest BCUT2D eigenvalue weighted by Gasteiger charge is 2.02. The quantitative estimate of drug-likeness (QED) is 0.623. The predicted octanol–water partition coefficient (Wildman–Crippen LogP) is 3.41. The lowest BCUT2D eigenvalue weighted by atomic mass is 10.4. The minimum absolute atomic E-state index is 0.504. The van der Waals surface area contributed by atoms with Crippen molar-refractivity contribution in [3.05, 3.63) is 21.7 Å². The molecule has 0 saturated carbocycles. The zero-order valence-corrected chi connectivity index (χ0v) is 8.93. The molecule has 2 rings (SSSR count). The Morgan fingerprint density at radius 3 is 3.08 bits per heavy atom. The van der Waals surface area contributed by atoms with Crippen molar-refractivity contribution in [2.75, 3.05) is 0 Å². The third-order valence-electron chi connectivity index (χ3n) is 1.61. The summed E-state index contributed by atoms with van der Waals surface area (Å²) in [6.07, 6.45) is 0. The third-order valence-corrected chi connectivity index (χ3v) is 3.76. The van der Waals surface area contributed by atoms with Crippen molar-refractivity contribution < 1.29 is 4.79 Å². The number of fused-ring (bicyclic) bond motifs is 1. The van der Waals surface area contributed by atoms with Gasteiger partial charge in [-0.2, -0.15) is 11.3 Å². The van der Waals surface area contributed by atoms with Crippen molar-refractivity contribution >= 4 is 49.7 Å². The summed E-state index contributed by atoms with van der Waals surface area (Å²) in [6.45, 7) is 0.520. The molecular weight excluding hydrogens is 226 g/mol. The standard InChI is InChI=1S/C8H6ClNOS2/c9-8(11)10-2-6-1-5-3-12-4-7(5)13-6/h1,3-4H,2H2,(H,10,11). The fourth-order valence-electron chi connectivity index (χ4n) is 1.07. The first-order valence-electron chi connectivity index (χ1n) is 3.63. The first-order chi connectivity index (χ1) is 6.25. The van der Waals surface area contributed by atoms with E-state index < -0.39 is 5.37 Å². The minimum Gasteiger partial charge on any atom is -0.338 e. The number of carbonyl (C=O) groups is 1. The van der Waals surface area contributed by atoms with E-state index in [0.717, 1.165) is 4.88 Å². The average molecular weight is 232 g/mol. The van der Waals surface area contributed by atoms with Gasteiger partial charge in [0.15, 0.2) is 0 Å². The Kier molecular flexibility index (Phi) is 2.53. The molecule has 0 aliphatic heterocycles. The maximum absolute atomic E-state index is 10.4. The van der Waals surface area contributed by atoms with Gasteiger partial charge in [0.1, 0.15) is 0 Å². The predicted molar refractivity (Wildman–Crippen MR) is 57.8 cm³/mol. The molecule has 0 bridgehead atoms. The summed E-state index contributed by atoms with van der Waals surface area (Å²) in [5.74, 6) is 0. The molecule has 2 heterocycles. The highest BCUT2D eigenvalue weighted by Crippen LogP contribution is 2.28. The van der Waals surface area contributed by atoms with E-state index >= 15 is 0 Å². The Morgan fingerprint density at radius 2 is 2.38 bits per heavy atom. The van der Waals surface area contributed by atoms with E-state index in [2.05, 4.69) is 22.1 Å². The summed E-state index contributed by atoms with van der Waals surface area (Å²) in [7, 11) is 0. The molecular formula is C8H6ClNOS2.